The van der Waals surface area contributed by atoms with Crippen molar-refractivity contribution in [2.24, 2.45) is 17.8 Å². The van der Waals surface area contributed by atoms with Gasteiger partial charge in [-0.25, -0.2) is 0 Å². The largest absolute Gasteiger partial charge is 0.390 e. The molecule has 2 aliphatic rings. The lowest BCUT2D eigenvalue weighted by molar-refractivity contribution is -0.0293. The Labute approximate surface area is 132 Å². The maximum Gasteiger partial charge on any atom is 0.0648 e. The maximum atomic E-state index is 10.7. The van der Waals surface area contributed by atoms with Crippen LogP contribution in [0.4, 0.5) is 0 Å². The molecule has 0 aromatic rings. The molecule has 0 aromatic heterocycles. The molecular formula is C20H38O. The highest BCUT2D eigenvalue weighted by atomic mass is 16.3. The lowest BCUT2D eigenvalue weighted by Crippen LogP contribution is -2.36. The van der Waals surface area contributed by atoms with E-state index in [1.165, 1.54) is 70.6 Å². The Kier molecular flexibility index (Phi) is 7.05. The Balaban J connectivity index is 1.69. The molecule has 2 fully saturated rings. The molecule has 0 spiro atoms. The first-order valence-corrected chi connectivity index (χ1v) is 9.89. The van der Waals surface area contributed by atoms with Crippen molar-refractivity contribution < 1.29 is 5.11 Å². The molecule has 1 N–H and O–H groups in total. The quantitative estimate of drug-likeness (QED) is 0.563. The van der Waals surface area contributed by atoms with Crippen molar-refractivity contribution in [3.63, 3.8) is 0 Å². The van der Waals surface area contributed by atoms with Gasteiger partial charge in [-0.2, -0.15) is 0 Å². The van der Waals surface area contributed by atoms with E-state index in [4.69, 9.17) is 0 Å². The zero-order valence-electron chi connectivity index (χ0n) is 14.6. The van der Waals surface area contributed by atoms with E-state index < -0.39 is 0 Å². The highest BCUT2D eigenvalue weighted by molar-refractivity contribution is 4.89. The molecule has 1 nitrogen and oxygen atoms in total. The van der Waals surface area contributed by atoms with Gasteiger partial charge in [0.1, 0.15) is 0 Å². The van der Waals surface area contributed by atoms with Crippen LogP contribution >= 0.6 is 0 Å². The van der Waals surface area contributed by atoms with Crippen LogP contribution in [0.2, 0.25) is 0 Å². The number of rotatable bonds is 7. The first kappa shape index (κ1) is 17.3. The fourth-order valence-corrected chi connectivity index (χ4v) is 4.96. The molecule has 124 valence electrons. The third-order valence-corrected chi connectivity index (χ3v) is 6.46. The third kappa shape index (κ3) is 5.27. The summed E-state index contributed by atoms with van der Waals surface area (Å²) in [5, 5.41) is 10.7. The van der Waals surface area contributed by atoms with E-state index in [2.05, 4.69) is 13.8 Å². The molecule has 1 heteroatoms. The Morgan fingerprint density at radius 2 is 1.43 bits per heavy atom. The van der Waals surface area contributed by atoms with Crippen molar-refractivity contribution in [1.82, 2.24) is 0 Å². The molecule has 2 saturated carbocycles. The summed E-state index contributed by atoms with van der Waals surface area (Å²) >= 11 is 0. The number of hydrogen-bond acceptors (Lipinski definition) is 1. The van der Waals surface area contributed by atoms with Crippen molar-refractivity contribution in [3.05, 3.63) is 0 Å². The highest BCUT2D eigenvalue weighted by Gasteiger charge is 2.36. The van der Waals surface area contributed by atoms with E-state index in [1.54, 1.807) is 0 Å². The molecular weight excluding hydrogens is 256 g/mol. The van der Waals surface area contributed by atoms with Gasteiger partial charge in [0.05, 0.1) is 5.60 Å². The Hall–Kier alpha value is -0.0400. The van der Waals surface area contributed by atoms with E-state index in [-0.39, 0.29) is 5.60 Å². The second-order valence-electron chi connectivity index (χ2n) is 8.09. The molecule has 0 aromatic carbocycles. The summed E-state index contributed by atoms with van der Waals surface area (Å²) in [7, 11) is 0. The SMILES string of the molecule is CCCCC[C@]1(O)CC[C@@H](C2CCC(CCC)CC2)CC1. The van der Waals surface area contributed by atoms with Crippen LogP contribution in [0.15, 0.2) is 0 Å². The van der Waals surface area contributed by atoms with Gasteiger partial charge in [0.15, 0.2) is 0 Å². The topological polar surface area (TPSA) is 20.2 Å². The van der Waals surface area contributed by atoms with Gasteiger partial charge in [-0.3, -0.25) is 0 Å². The van der Waals surface area contributed by atoms with E-state index in [9.17, 15) is 5.11 Å². The van der Waals surface area contributed by atoms with Crippen LogP contribution in [-0.2, 0) is 0 Å². The molecule has 2 rings (SSSR count). The maximum absolute atomic E-state index is 10.7. The molecule has 0 saturated heterocycles. The Bertz CT molecular complexity index is 270. The zero-order valence-corrected chi connectivity index (χ0v) is 14.6. The predicted octanol–water partition coefficient (Wildman–Crippen LogP) is 6.09. The van der Waals surface area contributed by atoms with Crippen LogP contribution in [0.25, 0.3) is 0 Å². The third-order valence-electron chi connectivity index (χ3n) is 6.46. The lowest BCUT2D eigenvalue weighted by atomic mass is 9.67. The van der Waals surface area contributed by atoms with Crippen LogP contribution in [0.3, 0.4) is 0 Å². The standard InChI is InChI=1S/C20H38O/c1-3-5-6-14-20(21)15-12-19(13-16-20)18-10-8-17(7-4-2)9-11-18/h17-19,21H,3-16H2,1-2H3/t17?,18?,19-,20+. The minimum absolute atomic E-state index is 0.301. The molecule has 0 heterocycles. The van der Waals surface area contributed by atoms with E-state index in [0.29, 0.717) is 0 Å². The first-order chi connectivity index (χ1) is 10.2. The summed E-state index contributed by atoms with van der Waals surface area (Å²) in [6, 6.07) is 0. The summed E-state index contributed by atoms with van der Waals surface area (Å²) in [4.78, 5) is 0. The smallest absolute Gasteiger partial charge is 0.0648 e. The van der Waals surface area contributed by atoms with Crippen LogP contribution in [0, 0.1) is 17.8 Å². The van der Waals surface area contributed by atoms with Crippen molar-refractivity contribution in [2.45, 2.75) is 109 Å². The average Bonchev–Trinajstić information content (AvgIpc) is 2.50. The van der Waals surface area contributed by atoms with Crippen LogP contribution in [0.1, 0.15) is 104 Å². The van der Waals surface area contributed by atoms with Crippen molar-refractivity contribution in [1.29, 1.82) is 0 Å². The highest BCUT2D eigenvalue weighted by Crippen LogP contribution is 2.44. The lowest BCUT2D eigenvalue weighted by Gasteiger charge is -2.41. The second kappa shape index (κ2) is 8.56. The Morgan fingerprint density at radius 3 is 2.00 bits per heavy atom. The van der Waals surface area contributed by atoms with Crippen molar-refractivity contribution >= 4 is 0 Å². The van der Waals surface area contributed by atoms with E-state index in [1.807, 2.05) is 0 Å². The fraction of sp³-hybridized carbons (Fsp3) is 1.00. The monoisotopic (exact) mass is 294 g/mol. The van der Waals surface area contributed by atoms with Crippen LogP contribution < -0.4 is 0 Å². The van der Waals surface area contributed by atoms with Gasteiger partial charge < -0.3 is 5.11 Å². The summed E-state index contributed by atoms with van der Waals surface area (Å²) in [5.41, 5.74) is -0.301. The fourth-order valence-electron chi connectivity index (χ4n) is 4.96. The Morgan fingerprint density at radius 1 is 0.810 bits per heavy atom. The number of aliphatic hydroxyl groups is 1. The van der Waals surface area contributed by atoms with Gasteiger partial charge in [0.25, 0.3) is 0 Å². The second-order valence-corrected chi connectivity index (χ2v) is 8.09. The van der Waals surface area contributed by atoms with Crippen LogP contribution in [0.5, 0.6) is 0 Å². The minimum atomic E-state index is -0.301. The van der Waals surface area contributed by atoms with Crippen molar-refractivity contribution in [2.75, 3.05) is 0 Å². The van der Waals surface area contributed by atoms with Gasteiger partial charge in [0.2, 0.25) is 0 Å². The predicted molar refractivity (Wildman–Crippen MR) is 91.4 cm³/mol. The molecule has 21 heavy (non-hydrogen) atoms. The molecule has 0 aliphatic heterocycles. The summed E-state index contributed by atoms with van der Waals surface area (Å²) in [6.07, 6.45) is 18.3. The van der Waals surface area contributed by atoms with Gasteiger partial charge in [-0.1, -0.05) is 58.8 Å². The van der Waals surface area contributed by atoms with Gasteiger partial charge in [-0.15, -0.1) is 0 Å². The van der Waals surface area contributed by atoms with E-state index in [0.717, 1.165) is 37.0 Å². The number of hydrogen-bond donors (Lipinski definition) is 1. The minimum Gasteiger partial charge on any atom is -0.390 e. The zero-order chi connectivity index (χ0) is 15.1. The summed E-state index contributed by atoms with van der Waals surface area (Å²) < 4.78 is 0. The molecule has 2 aliphatic carbocycles. The molecule has 0 radical (unpaired) electrons. The average molecular weight is 295 g/mol. The van der Waals surface area contributed by atoms with Crippen LogP contribution in [-0.4, -0.2) is 10.7 Å². The molecule has 0 amide bonds. The molecule has 0 bridgehead atoms. The summed E-state index contributed by atoms with van der Waals surface area (Å²) in [5.74, 6) is 2.94. The van der Waals surface area contributed by atoms with Crippen molar-refractivity contribution in [3.8, 4) is 0 Å². The van der Waals surface area contributed by atoms with Gasteiger partial charge >= 0.3 is 0 Å². The molecule has 0 unspecified atom stereocenters. The summed E-state index contributed by atoms with van der Waals surface area (Å²) in [6.45, 7) is 4.57. The van der Waals surface area contributed by atoms with Gasteiger partial charge in [0, 0.05) is 0 Å². The number of unbranched alkanes of at least 4 members (excludes halogenated alkanes) is 2. The first-order valence-electron chi connectivity index (χ1n) is 9.89. The van der Waals surface area contributed by atoms with Gasteiger partial charge in [-0.05, 0) is 62.7 Å². The normalized spacial score (nSPS) is 37.6. The van der Waals surface area contributed by atoms with E-state index >= 15 is 0 Å². The molecule has 0 atom stereocenters.